The monoisotopic (exact) mass is 277 g/mol. The Labute approximate surface area is 122 Å². The van der Waals surface area contributed by atoms with Gasteiger partial charge in [0.2, 0.25) is 0 Å². The summed E-state index contributed by atoms with van der Waals surface area (Å²) in [5.41, 5.74) is 1.39. The molecular formula is C17H27NO2. The Morgan fingerprint density at radius 1 is 1.30 bits per heavy atom. The lowest BCUT2D eigenvalue weighted by atomic mass is 9.61. The molecule has 0 aliphatic heterocycles. The first-order chi connectivity index (χ1) is 9.55. The van der Waals surface area contributed by atoms with Crippen LogP contribution >= 0.6 is 0 Å². The third kappa shape index (κ3) is 2.64. The number of rotatable bonds is 6. The van der Waals surface area contributed by atoms with Crippen LogP contribution in [0.25, 0.3) is 0 Å². The van der Waals surface area contributed by atoms with Gasteiger partial charge in [0, 0.05) is 17.9 Å². The van der Waals surface area contributed by atoms with Gasteiger partial charge in [-0.25, -0.2) is 0 Å². The zero-order valence-corrected chi connectivity index (χ0v) is 13.3. The first-order valence-corrected chi connectivity index (χ1v) is 7.59. The van der Waals surface area contributed by atoms with Crippen LogP contribution in [0.2, 0.25) is 0 Å². The van der Waals surface area contributed by atoms with Crippen molar-refractivity contribution in [1.29, 1.82) is 0 Å². The summed E-state index contributed by atoms with van der Waals surface area (Å²) in [4.78, 5) is 0. The van der Waals surface area contributed by atoms with Crippen LogP contribution in [0.15, 0.2) is 18.2 Å². The molecule has 1 N–H and O–H groups in total. The molecule has 0 heterocycles. The third-order valence-electron chi connectivity index (χ3n) is 4.78. The number of ether oxygens (including phenoxy) is 2. The Kier molecular flexibility index (Phi) is 4.59. The van der Waals surface area contributed by atoms with Crippen molar-refractivity contribution in [2.24, 2.45) is 5.41 Å². The second kappa shape index (κ2) is 6.04. The minimum Gasteiger partial charge on any atom is -0.493 e. The molecular weight excluding hydrogens is 250 g/mol. The van der Waals surface area contributed by atoms with Crippen molar-refractivity contribution >= 4 is 0 Å². The van der Waals surface area contributed by atoms with E-state index in [0.29, 0.717) is 6.04 Å². The van der Waals surface area contributed by atoms with Crippen molar-refractivity contribution in [3.05, 3.63) is 23.8 Å². The molecule has 0 saturated heterocycles. The van der Waals surface area contributed by atoms with Crippen molar-refractivity contribution in [3.63, 3.8) is 0 Å². The normalized spacial score (nSPS) is 28.9. The van der Waals surface area contributed by atoms with Crippen LogP contribution in [0, 0.1) is 12.3 Å². The van der Waals surface area contributed by atoms with Gasteiger partial charge in [-0.3, -0.25) is 0 Å². The third-order valence-corrected chi connectivity index (χ3v) is 4.78. The van der Waals surface area contributed by atoms with Crippen LogP contribution < -0.4 is 14.8 Å². The lowest BCUT2D eigenvalue weighted by Gasteiger charge is -2.53. The maximum absolute atomic E-state index is 6.25. The standard InChI is InChI=1S/C17H27NO2/c1-6-17(4)15(18-7-2)11-16(17)20-13-9-8-12(3)10-14(13)19-5/h8-10,15-16,18H,6-7,11H2,1-5H3. The van der Waals surface area contributed by atoms with E-state index >= 15 is 0 Å². The van der Waals surface area contributed by atoms with Gasteiger partial charge in [0.15, 0.2) is 11.5 Å². The fourth-order valence-electron chi connectivity index (χ4n) is 3.06. The number of aryl methyl sites for hydroxylation is 1. The molecule has 1 aliphatic rings. The molecule has 0 spiro atoms. The molecule has 3 heteroatoms. The Morgan fingerprint density at radius 3 is 2.65 bits per heavy atom. The molecule has 3 atom stereocenters. The van der Waals surface area contributed by atoms with Gasteiger partial charge in [0.25, 0.3) is 0 Å². The van der Waals surface area contributed by atoms with Crippen LogP contribution in [0.3, 0.4) is 0 Å². The fraction of sp³-hybridized carbons (Fsp3) is 0.647. The number of hydrogen-bond acceptors (Lipinski definition) is 3. The predicted molar refractivity (Wildman–Crippen MR) is 82.6 cm³/mol. The molecule has 0 bridgehead atoms. The van der Waals surface area contributed by atoms with Gasteiger partial charge in [-0.15, -0.1) is 0 Å². The molecule has 1 saturated carbocycles. The maximum atomic E-state index is 6.25. The Bertz CT molecular complexity index is 460. The van der Waals surface area contributed by atoms with Crippen LogP contribution in [0.1, 0.15) is 39.2 Å². The Morgan fingerprint density at radius 2 is 2.05 bits per heavy atom. The first kappa shape index (κ1) is 15.2. The van der Waals surface area contributed by atoms with Crippen molar-refractivity contribution in [3.8, 4) is 11.5 Å². The van der Waals surface area contributed by atoms with Gasteiger partial charge in [0.1, 0.15) is 6.10 Å². The van der Waals surface area contributed by atoms with E-state index in [1.165, 1.54) is 5.56 Å². The number of benzene rings is 1. The summed E-state index contributed by atoms with van der Waals surface area (Å²) in [5, 5.41) is 3.57. The highest BCUT2D eigenvalue weighted by atomic mass is 16.5. The molecule has 1 fully saturated rings. The van der Waals surface area contributed by atoms with Gasteiger partial charge in [0.05, 0.1) is 7.11 Å². The summed E-state index contributed by atoms with van der Waals surface area (Å²) < 4.78 is 11.7. The van der Waals surface area contributed by atoms with E-state index in [4.69, 9.17) is 9.47 Å². The second-order valence-corrected chi connectivity index (χ2v) is 5.97. The zero-order chi connectivity index (χ0) is 14.8. The summed E-state index contributed by atoms with van der Waals surface area (Å²) in [5.74, 6) is 1.69. The molecule has 1 aromatic carbocycles. The average molecular weight is 277 g/mol. The Hall–Kier alpha value is -1.22. The van der Waals surface area contributed by atoms with Crippen molar-refractivity contribution < 1.29 is 9.47 Å². The SMILES string of the molecule is CCNC1CC(Oc2ccc(C)cc2OC)C1(C)CC. The van der Waals surface area contributed by atoms with Crippen LogP contribution in [-0.2, 0) is 0 Å². The average Bonchev–Trinajstić information content (AvgIpc) is 2.46. The largest absolute Gasteiger partial charge is 0.493 e. The van der Waals surface area contributed by atoms with Gasteiger partial charge < -0.3 is 14.8 Å². The number of methoxy groups -OCH3 is 1. The summed E-state index contributed by atoms with van der Waals surface area (Å²) in [6.07, 6.45) is 2.44. The van der Waals surface area contributed by atoms with E-state index in [-0.39, 0.29) is 11.5 Å². The van der Waals surface area contributed by atoms with Crippen molar-refractivity contribution in [2.45, 2.75) is 52.7 Å². The highest BCUT2D eigenvalue weighted by molar-refractivity contribution is 5.43. The Balaban J connectivity index is 2.11. The molecule has 0 radical (unpaired) electrons. The number of hydrogen-bond donors (Lipinski definition) is 1. The van der Waals surface area contributed by atoms with Gasteiger partial charge in [-0.2, -0.15) is 0 Å². The summed E-state index contributed by atoms with van der Waals surface area (Å²) in [7, 11) is 1.70. The summed E-state index contributed by atoms with van der Waals surface area (Å²) >= 11 is 0. The molecule has 1 aliphatic carbocycles. The first-order valence-electron chi connectivity index (χ1n) is 7.59. The molecule has 2 rings (SSSR count). The molecule has 112 valence electrons. The van der Waals surface area contributed by atoms with Gasteiger partial charge in [-0.05, 0) is 37.6 Å². The smallest absolute Gasteiger partial charge is 0.161 e. The van der Waals surface area contributed by atoms with E-state index in [9.17, 15) is 0 Å². The fourth-order valence-corrected chi connectivity index (χ4v) is 3.06. The molecule has 0 amide bonds. The minimum atomic E-state index is 0.200. The zero-order valence-electron chi connectivity index (χ0n) is 13.3. The van der Waals surface area contributed by atoms with Crippen LogP contribution in [0.4, 0.5) is 0 Å². The molecule has 0 aromatic heterocycles. The van der Waals surface area contributed by atoms with E-state index in [1.807, 2.05) is 12.1 Å². The van der Waals surface area contributed by atoms with Gasteiger partial charge >= 0.3 is 0 Å². The summed E-state index contributed by atoms with van der Waals surface area (Å²) in [6, 6.07) is 6.67. The second-order valence-electron chi connectivity index (χ2n) is 5.97. The molecule has 20 heavy (non-hydrogen) atoms. The van der Waals surface area contributed by atoms with Crippen molar-refractivity contribution in [2.75, 3.05) is 13.7 Å². The minimum absolute atomic E-state index is 0.200. The quantitative estimate of drug-likeness (QED) is 0.862. The lowest BCUT2D eigenvalue weighted by molar-refractivity contribution is -0.0705. The van der Waals surface area contributed by atoms with Crippen LogP contribution in [0.5, 0.6) is 11.5 Å². The highest BCUT2D eigenvalue weighted by Gasteiger charge is 2.51. The summed E-state index contributed by atoms with van der Waals surface area (Å²) in [6.45, 7) is 9.79. The molecule has 3 unspecified atom stereocenters. The molecule has 1 aromatic rings. The molecule has 3 nitrogen and oxygen atoms in total. The van der Waals surface area contributed by atoms with E-state index < -0.39 is 0 Å². The lowest BCUT2D eigenvalue weighted by Crippen LogP contribution is -2.63. The maximum Gasteiger partial charge on any atom is 0.161 e. The predicted octanol–water partition coefficient (Wildman–Crippen LogP) is 3.55. The van der Waals surface area contributed by atoms with Gasteiger partial charge in [-0.1, -0.05) is 26.8 Å². The van der Waals surface area contributed by atoms with E-state index in [1.54, 1.807) is 7.11 Å². The van der Waals surface area contributed by atoms with E-state index in [2.05, 4.69) is 39.1 Å². The topological polar surface area (TPSA) is 30.5 Å². The van der Waals surface area contributed by atoms with Crippen LogP contribution in [-0.4, -0.2) is 25.8 Å². The van der Waals surface area contributed by atoms with E-state index in [0.717, 1.165) is 30.9 Å². The highest BCUT2D eigenvalue weighted by Crippen LogP contribution is 2.47. The number of nitrogens with one attached hydrogen (secondary N) is 1. The van der Waals surface area contributed by atoms with Crippen molar-refractivity contribution in [1.82, 2.24) is 5.32 Å².